The van der Waals surface area contributed by atoms with Crippen molar-refractivity contribution in [1.29, 1.82) is 0 Å². The third-order valence-electron chi connectivity index (χ3n) is 2.40. The molecule has 2 aromatic rings. The molecule has 0 bridgehead atoms. The highest BCUT2D eigenvalue weighted by molar-refractivity contribution is 6.44. The minimum atomic E-state index is -0.679. The molecule has 0 aromatic heterocycles. The van der Waals surface area contributed by atoms with Crippen LogP contribution in [0, 0.1) is 5.82 Å². The molecule has 0 spiro atoms. The van der Waals surface area contributed by atoms with Gasteiger partial charge in [0, 0.05) is 0 Å². The maximum atomic E-state index is 13.1. The van der Waals surface area contributed by atoms with E-state index in [4.69, 9.17) is 23.2 Å². The summed E-state index contributed by atoms with van der Waals surface area (Å²) in [6.45, 7) is 0. The van der Waals surface area contributed by atoms with E-state index in [-0.39, 0.29) is 27.0 Å². The molecule has 2 rings (SSSR count). The average Bonchev–Trinajstić information content (AvgIpc) is 2.38. The van der Waals surface area contributed by atoms with E-state index in [0.717, 1.165) is 18.2 Å². The second-order valence-electron chi connectivity index (χ2n) is 3.72. The maximum Gasteiger partial charge on any atom is 0.259 e. The van der Waals surface area contributed by atoms with E-state index in [2.05, 4.69) is 5.32 Å². The number of aromatic hydroxyl groups is 1. The van der Waals surface area contributed by atoms with Gasteiger partial charge in [-0.3, -0.25) is 4.79 Å². The van der Waals surface area contributed by atoms with Crippen LogP contribution in [0.15, 0.2) is 36.4 Å². The van der Waals surface area contributed by atoms with Gasteiger partial charge in [-0.2, -0.15) is 0 Å². The number of phenols is 1. The Kier molecular flexibility index (Phi) is 3.93. The van der Waals surface area contributed by atoms with Crippen molar-refractivity contribution in [3.05, 3.63) is 57.8 Å². The first-order chi connectivity index (χ1) is 8.99. The van der Waals surface area contributed by atoms with Crippen LogP contribution in [0.25, 0.3) is 0 Å². The van der Waals surface area contributed by atoms with Crippen LogP contribution in [0.4, 0.5) is 10.1 Å². The molecule has 0 unspecified atom stereocenters. The van der Waals surface area contributed by atoms with Gasteiger partial charge in [0.15, 0.2) is 0 Å². The highest BCUT2D eigenvalue weighted by Crippen LogP contribution is 2.30. The van der Waals surface area contributed by atoms with E-state index in [1.807, 2.05) is 0 Å². The van der Waals surface area contributed by atoms with Crippen molar-refractivity contribution in [2.75, 3.05) is 5.32 Å². The SMILES string of the molecule is O=C(Nc1cccc(Cl)c1Cl)c1cc(F)ccc1O. The Morgan fingerprint density at radius 3 is 2.68 bits per heavy atom. The van der Waals surface area contributed by atoms with Crippen molar-refractivity contribution in [2.45, 2.75) is 0 Å². The number of benzene rings is 2. The third-order valence-corrected chi connectivity index (χ3v) is 3.22. The summed E-state index contributed by atoms with van der Waals surface area (Å²) in [6, 6.07) is 7.81. The number of amides is 1. The molecule has 98 valence electrons. The Balaban J connectivity index is 2.31. The van der Waals surface area contributed by atoms with Gasteiger partial charge in [-0.25, -0.2) is 4.39 Å². The minimum Gasteiger partial charge on any atom is -0.507 e. The van der Waals surface area contributed by atoms with Gasteiger partial charge in [0.05, 0.1) is 21.3 Å². The second-order valence-corrected chi connectivity index (χ2v) is 4.50. The summed E-state index contributed by atoms with van der Waals surface area (Å²) in [5.74, 6) is -1.63. The Morgan fingerprint density at radius 2 is 1.95 bits per heavy atom. The van der Waals surface area contributed by atoms with Crippen LogP contribution in [-0.4, -0.2) is 11.0 Å². The fraction of sp³-hybridized carbons (Fsp3) is 0. The van der Waals surface area contributed by atoms with Crippen molar-refractivity contribution in [2.24, 2.45) is 0 Å². The van der Waals surface area contributed by atoms with E-state index < -0.39 is 11.7 Å². The molecular weight excluding hydrogens is 292 g/mol. The Hall–Kier alpha value is -1.78. The lowest BCUT2D eigenvalue weighted by molar-refractivity contribution is 0.102. The number of anilines is 1. The van der Waals surface area contributed by atoms with Crippen LogP contribution in [0.3, 0.4) is 0 Å². The average molecular weight is 300 g/mol. The fourth-order valence-corrected chi connectivity index (χ4v) is 1.83. The molecule has 2 N–H and O–H groups in total. The number of carbonyl (C=O) groups is 1. The molecule has 0 aliphatic carbocycles. The molecule has 2 aromatic carbocycles. The molecule has 1 amide bonds. The first-order valence-electron chi connectivity index (χ1n) is 5.23. The van der Waals surface area contributed by atoms with E-state index >= 15 is 0 Å². The van der Waals surface area contributed by atoms with Crippen molar-refractivity contribution in [3.63, 3.8) is 0 Å². The molecule has 0 fully saturated rings. The van der Waals surface area contributed by atoms with E-state index in [1.165, 1.54) is 0 Å². The number of phenolic OH excluding ortho intramolecular Hbond substituents is 1. The largest absolute Gasteiger partial charge is 0.507 e. The lowest BCUT2D eigenvalue weighted by Gasteiger charge is -2.09. The van der Waals surface area contributed by atoms with Crippen molar-refractivity contribution in [3.8, 4) is 5.75 Å². The standard InChI is InChI=1S/C13H8Cl2FNO2/c14-9-2-1-3-10(12(9)15)17-13(19)8-6-7(16)4-5-11(8)18/h1-6,18H,(H,17,19). The summed E-state index contributed by atoms with van der Waals surface area (Å²) in [4.78, 5) is 11.9. The molecule has 0 radical (unpaired) electrons. The monoisotopic (exact) mass is 299 g/mol. The molecule has 0 saturated carbocycles. The van der Waals surface area contributed by atoms with E-state index in [1.54, 1.807) is 18.2 Å². The smallest absolute Gasteiger partial charge is 0.259 e. The van der Waals surface area contributed by atoms with E-state index in [0.29, 0.717) is 0 Å². The van der Waals surface area contributed by atoms with Crippen molar-refractivity contribution in [1.82, 2.24) is 0 Å². The van der Waals surface area contributed by atoms with Gasteiger partial charge in [-0.05, 0) is 30.3 Å². The van der Waals surface area contributed by atoms with Gasteiger partial charge in [0.1, 0.15) is 11.6 Å². The topological polar surface area (TPSA) is 49.3 Å². The minimum absolute atomic E-state index is 0.174. The summed E-state index contributed by atoms with van der Waals surface area (Å²) >= 11 is 11.7. The van der Waals surface area contributed by atoms with Gasteiger partial charge < -0.3 is 10.4 Å². The van der Waals surface area contributed by atoms with Crippen LogP contribution in [0.5, 0.6) is 5.75 Å². The van der Waals surface area contributed by atoms with Crippen molar-refractivity contribution >= 4 is 34.8 Å². The molecular formula is C13H8Cl2FNO2. The maximum absolute atomic E-state index is 13.1. The molecule has 0 atom stereocenters. The number of nitrogens with one attached hydrogen (secondary N) is 1. The van der Waals surface area contributed by atoms with Crippen LogP contribution in [0.1, 0.15) is 10.4 Å². The number of hydrogen-bond acceptors (Lipinski definition) is 2. The van der Waals surface area contributed by atoms with Gasteiger partial charge in [-0.15, -0.1) is 0 Å². The van der Waals surface area contributed by atoms with Crippen LogP contribution < -0.4 is 5.32 Å². The summed E-state index contributed by atoms with van der Waals surface area (Å²) in [5.41, 5.74) is 0.0962. The lowest BCUT2D eigenvalue weighted by Crippen LogP contribution is -2.12. The molecule has 3 nitrogen and oxygen atoms in total. The van der Waals surface area contributed by atoms with Gasteiger partial charge in [0.25, 0.3) is 5.91 Å². The molecule has 6 heteroatoms. The van der Waals surface area contributed by atoms with Crippen molar-refractivity contribution < 1.29 is 14.3 Å². The van der Waals surface area contributed by atoms with Crippen LogP contribution in [-0.2, 0) is 0 Å². The first kappa shape index (κ1) is 13.6. The zero-order valence-corrected chi connectivity index (χ0v) is 11.0. The highest BCUT2D eigenvalue weighted by atomic mass is 35.5. The second kappa shape index (κ2) is 5.47. The Bertz CT molecular complexity index is 647. The number of carbonyl (C=O) groups excluding carboxylic acids is 1. The summed E-state index contributed by atoms with van der Waals surface area (Å²) < 4.78 is 13.1. The number of halogens is 3. The number of rotatable bonds is 2. The zero-order valence-electron chi connectivity index (χ0n) is 9.45. The lowest BCUT2D eigenvalue weighted by atomic mass is 10.1. The highest BCUT2D eigenvalue weighted by Gasteiger charge is 2.14. The molecule has 0 heterocycles. The molecule has 0 saturated heterocycles. The third kappa shape index (κ3) is 2.97. The quantitative estimate of drug-likeness (QED) is 0.877. The summed E-state index contributed by atoms with van der Waals surface area (Å²) in [5, 5.41) is 12.4. The Morgan fingerprint density at radius 1 is 1.21 bits per heavy atom. The van der Waals surface area contributed by atoms with Crippen LogP contribution >= 0.6 is 23.2 Å². The normalized spacial score (nSPS) is 10.3. The van der Waals surface area contributed by atoms with Gasteiger partial charge in [-0.1, -0.05) is 29.3 Å². The first-order valence-corrected chi connectivity index (χ1v) is 5.98. The zero-order chi connectivity index (χ0) is 14.0. The summed E-state index contributed by atoms with van der Waals surface area (Å²) in [6.07, 6.45) is 0. The van der Waals surface area contributed by atoms with Crippen LogP contribution in [0.2, 0.25) is 10.0 Å². The van der Waals surface area contributed by atoms with Gasteiger partial charge >= 0.3 is 0 Å². The molecule has 0 aliphatic heterocycles. The molecule has 0 aliphatic rings. The molecule has 19 heavy (non-hydrogen) atoms. The Labute approximate surface area is 118 Å². The number of hydrogen-bond donors (Lipinski definition) is 2. The predicted molar refractivity (Wildman–Crippen MR) is 72.5 cm³/mol. The van der Waals surface area contributed by atoms with Gasteiger partial charge in [0.2, 0.25) is 0 Å². The fourth-order valence-electron chi connectivity index (χ4n) is 1.48. The van der Waals surface area contributed by atoms with E-state index in [9.17, 15) is 14.3 Å². The predicted octanol–water partition coefficient (Wildman–Crippen LogP) is 4.09. The summed E-state index contributed by atoms with van der Waals surface area (Å²) in [7, 11) is 0.